The molecule has 1 aromatic heterocycles. The van der Waals surface area contributed by atoms with E-state index in [2.05, 4.69) is 31.1 Å². The molecule has 2 amide bonds. The van der Waals surface area contributed by atoms with Gasteiger partial charge in [-0.15, -0.1) is 0 Å². The number of aromatic nitrogens is 1. The number of nitrogens with two attached hydrogens (primary N) is 1. The van der Waals surface area contributed by atoms with Crippen LogP contribution in [0, 0.1) is 0 Å². The first kappa shape index (κ1) is 22.0. The highest BCUT2D eigenvalue weighted by Gasteiger charge is 2.28. The molecule has 0 saturated carbocycles. The summed E-state index contributed by atoms with van der Waals surface area (Å²) in [5.41, 5.74) is 7.50. The van der Waals surface area contributed by atoms with Crippen molar-refractivity contribution in [2.24, 2.45) is 5.73 Å². The molecule has 2 aromatic carbocycles. The van der Waals surface area contributed by atoms with Crippen LogP contribution >= 0.6 is 15.9 Å². The van der Waals surface area contributed by atoms with Gasteiger partial charge >= 0.3 is 0 Å². The first-order valence-corrected chi connectivity index (χ1v) is 11.1. The van der Waals surface area contributed by atoms with Gasteiger partial charge < -0.3 is 15.8 Å². The van der Waals surface area contributed by atoms with E-state index in [4.69, 9.17) is 10.5 Å². The van der Waals surface area contributed by atoms with Crippen LogP contribution in [0.4, 0.5) is 5.69 Å². The topological polar surface area (TPSA) is 97.6 Å². The Labute approximate surface area is 194 Å². The second-order valence-electron chi connectivity index (χ2n) is 7.60. The molecule has 8 heteroatoms. The SMILES string of the molecule is NC(=O)C1CCCN1Cc1cccc(NC(=O)c2cccnc2Oc2ccc(Br)cc2)c1. The Morgan fingerprint density at radius 2 is 1.97 bits per heavy atom. The number of benzene rings is 2. The maximum Gasteiger partial charge on any atom is 0.261 e. The number of pyridine rings is 1. The summed E-state index contributed by atoms with van der Waals surface area (Å²) in [6, 6.07) is 18.0. The van der Waals surface area contributed by atoms with Gasteiger partial charge in [0.1, 0.15) is 11.3 Å². The van der Waals surface area contributed by atoms with E-state index in [0.717, 1.165) is 29.4 Å². The minimum Gasteiger partial charge on any atom is -0.438 e. The summed E-state index contributed by atoms with van der Waals surface area (Å²) < 4.78 is 6.76. The second kappa shape index (κ2) is 9.93. The molecule has 0 bridgehead atoms. The minimum absolute atomic E-state index is 0.227. The van der Waals surface area contributed by atoms with Crippen LogP contribution in [0.3, 0.4) is 0 Å². The molecule has 7 nitrogen and oxygen atoms in total. The predicted octanol–water partition coefficient (Wildman–Crippen LogP) is 4.34. The first-order valence-electron chi connectivity index (χ1n) is 10.3. The molecule has 3 N–H and O–H groups in total. The molecule has 0 aliphatic carbocycles. The van der Waals surface area contributed by atoms with Crippen LogP contribution in [-0.2, 0) is 11.3 Å². The van der Waals surface area contributed by atoms with Gasteiger partial charge in [0.25, 0.3) is 5.91 Å². The van der Waals surface area contributed by atoms with Gasteiger partial charge in [-0.25, -0.2) is 4.98 Å². The van der Waals surface area contributed by atoms with Crippen molar-refractivity contribution in [1.29, 1.82) is 0 Å². The van der Waals surface area contributed by atoms with Crippen molar-refractivity contribution in [2.75, 3.05) is 11.9 Å². The van der Waals surface area contributed by atoms with E-state index in [1.54, 1.807) is 30.5 Å². The highest BCUT2D eigenvalue weighted by Crippen LogP contribution is 2.26. The quantitative estimate of drug-likeness (QED) is 0.509. The molecule has 1 fully saturated rings. The fraction of sp³-hybridized carbons (Fsp3) is 0.208. The first-order chi connectivity index (χ1) is 15.5. The van der Waals surface area contributed by atoms with E-state index in [0.29, 0.717) is 23.5 Å². The van der Waals surface area contributed by atoms with Crippen molar-refractivity contribution in [3.8, 4) is 11.6 Å². The average molecular weight is 495 g/mol. The van der Waals surface area contributed by atoms with Crippen LogP contribution in [0.2, 0.25) is 0 Å². The van der Waals surface area contributed by atoms with Gasteiger partial charge in [0.15, 0.2) is 0 Å². The van der Waals surface area contributed by atoms with Crippen LogP contribution in [0.25, 0.3) is 0 Å². The van der Waals surface area contributed by atoms with Gasteiger partial charge in [-0.05, 0) is 73.5 Å². The summed E-state index contributed by atoms with van der Waals surface area (Å²) in [4.78, 5) is 30.9. The predicted molar refractivity (Wildman–Crippen MR) is 125 cm³/mol. The molecule has 2 heterocycles. The summed E-state index contributed by atoms with van der Waals surface area (Å²) in [5, 5.41) is 2.92. The lowest BCUT2D eigenvalue weighted by molar-refractivity contribution is -0.122. The highest BCUT2D eigenvalue weighted by atomic mass is 79.9. The number of carbonyl (C=O) groups is 2. The third kappa shape index (κ3) is 5.33. The second-order valence-corrected chi connectivity index (χ2v) is 8.51. The number of ether oxygens (including phenoxy) is 1. The Balaban J connectivity index is 1.47. The average Bonchev–Trinajstić information content (AvgIpc) is 3.24. The van der Waals surface area contributed by atoms with Gasteiger partial charge in [-0.3, -0.25) is 14.5 Å². The van der Waals surface area contributed by atoms with E-state index in [-0.39, 0.29) is 23.7 Å². The number of nitrogens with zero attached hydrogens (tertiary/aromatic N) is 2. The summed E-state index contributed by atoms with van der Waals surface area (Å²) in [7, 11) is 0. The van der Waals surface area contributed by atoms with Crippen molar-refractivity contribution < 1.29 is 14.3 Å². The third-order valence-corrected chi connectivity index (χ3v) is 5.84. The number of likely N-dealkylation sites (tertiary alicyclic amines) is 1. The number of amides is 2. The lowest BCUT2D eigenvalue weighted by atomic mass is 10.1. The highest BCUT2D eigenvalue weighted by molar-refractivity contribution is 9.10. The number of halogens is 1. The maximum atomic E-state index is 13.0. The molecule has 1 aliphatic rings. The summed E-state index contributed by atoms with van der Waals surface area (Å²) in [6.07, 6.45) is 3.32. The maximum absolute atomic E-state index is 13.0. The molecule has 1 atom stereocenters. The molecule has 3 aromatic rings. The van der Waals surface area contributed by atoms with Crippen molar-refractivity contribution in [2.45, 2.75) is 25.4 Å². The lowest BCUT2D eigenvalue weighted by Crippen LogP contribution is -2.39. The van der Waals surface area contributed by atoms with Gasteiger partial charge in [0.2, 0.25) is 11.8 Å². The summed E-state index contributed by atoms with van der Waals surface area (Å²) >= 11 is 3.39. The van der Waals surface area contributed by atoms with Crippen molar-refractivity contribution in [3.63, 3.8) is 0 Å². The van der Waals surface area contributed by atoms with Crippen LogP contribution in [0.1, 0.15) is 28.8 Å². The number of primary amides is 1. The van der Waals surface area contributed by atoms with Gasteiger partial charge in [0.05, 0.1) is 6.04 Å². The Bertz CT molecular complexity index is 1120. The Kier molecular flexibility index (Phi) is 6.82. The zero-order valence-electron chi connectivity index (χ0n) is 17.3. The van der Waals surface area contributed by atoms with Gasteiger partial charge in [0, 0.05) is 22.9 Å². The standard InChI is InChI=1S/C24H23BrN4O3/c25-17-8-10-19(11-9-17)32-24-20(6-2-12-27-24)23(31)28-18-5-1-4-16(14-18)15-29-13-3-7-21(29)22(26)30/h1-2,4-6,8-12,14,21H,3,7,13,15H2,(H2,26,30)(H,28,31). The molecule has 164 valence electrons. The number of carbonyl (C=O) groups excluding carboxylic acids is 2. The Morgan fingerprint density at radius 3 is 2.75 bits per heavy atom. The third-order valence-electron chi connectivity index (χ3n) is 5.31. The molecule has 1 aliphatic heterocycles. The van der Waals surface area contributed by atoms with Gasteiger partial charge in [-0.2, -0.15) is 0 Å². The molecule has 0 spiro atoms. The monoisotopic (exact) mass is 494 g/mol. The Hall–Kier alpha value is -3.23. The molecule has 32 heavy (non-hydrogen) atoms. The molecular weight excluding hydrogens is 472 g/mol. The largest absolute Gasteiger partial charge is 0.438 e. The van der Waals surface area contributed by atoms with Crippen LogP contribution in [0.15, 0.2) is 71.3 Å². The van der Waals surface area contributed by atoms with Crippen molar-refractivity contribution in [3.05, 3.63) is 82.5 Å². The summed E-state index contributed by atoms with van der Waals surface area (Å²) in [5.74, 6) is 0.197. The number of anilines is 1. The van der Waals surface area contributed by atoms with Crippen LogP contribution < -0.4 is 15.8 Å². The van der Waals surface area contributed by atoms with E-state index in [9.17, 15) is 9.59 Å². The zero-order chi connectivity index (χ0) is 22.5. The van der Waals surface area contributed by atoms with E-state index in [1.165, 1.54) is 0 Å². The lowest BCUT2D eigenvalue weighted by Gasteiger charge is -2.22. The molecular formula is C24H23BrN4O3. The zero-order valence-corrected chi connectivity index (χ0v) is 18.9. The Morgan fingerprint density at radius 1 is 1.16 bits per heavy atom. The number of nitrogens with one attached hydrogen (secondary N) is 1. The summed E-state index contributed by atoms with van der Waals surface area (Å²) in [6.45, 7) is 1.43. The van der Waals surface area contributed by atoms with Crippen molar-refractivity contribution in [1.82, 2.24) is 9.88 Å². The van der Waals surface area contributed by atoms with Crippen LogP contribution in [-0.4, -0.2) is 34.3 Å². The smallest absolute Gasteiger partial charge is 0.261 e. The fourth-order valence-electron chi connectivity index (χ4n) is 3.78. The van der Waals surface area contributed by atoms with E-state index < -0.39 is 0 Å². The van der Waals surface area contributed by atoms with Crippen molar-refractivity contribution >= 4 is 33.4 Å². The molecule has 4 rings (SSSR count). The van der Waals surface area contributed by atoms with Gasteiger partial charge in [-0.1, -0.05) is 28.1 Å². The number of hydrogen-bond donors (Lipinski definition) is 2. The number of hydrogen-bond acceptors (Lipinski definition) is 5. The van der Waals surface area contributed by atoms with Crippen LogP contribution in [0.5, 0.6) is 11.6 Å². The minimum atomic E-state index is -0.321. The number of rotatable bonds is 7. The molecule has 1 saturated heterocycles. The molecule has 1 unspecified atom stereocenters. The molecule has 0 radical (unpaired) electrons. The van der Waals surface area contributed by atoms with E-state index in [1.807, 2.05) is 36.4 Å². The normalized spacial score (nSPS) is 16.0. The van der Waals surface area contributed by atoms with E-state index >= 15 is 0 Å². The fourth-order valence-corrected chi connectivity index (χ4v) is 4.04.